The zero-order valence-corrected chi connectivity index (χ0v) is 12.0. The molecule has 20 heavy (non-hydrogen) atoms. The van der Waals surface area contributed by atoms with Crippen LogP contribution in [0.1, 0.15) is 37.0 Å². The smallest absolute Gasteiger partial charge is 0.256 e. The molecule has 0 radical (unpaired) electrons. The molecule has 1 amide bonds. The topological polar surface area (TPSA) is 49.8 Å². The highest BCUT2D eigenvalue weighted by Gasteiger charge is 2.55. The van der Waals surface area contributed by atoms with Crippen molar-refractivity contribution >= 4 is 5.91 Å². The van der Waals surface area contributed by atoms with Crippen molar-refractivity contribution in [2.75, 3.05) is 6.61 Å². The van der Waals surface area contributed by atoms with E-state index in [0.29, 0.717) is 25.0 Å². The molecule has 1 aliphatic heterocycles. The van der Waals surface area contributed by atoms with Gasteiger partial charge < -0.3 is 14.7 Å². The Kier molecular flexibility index (Phi) is 3.30. The van der Waals surface area contributed by atoms with Gasteiger partial charge in [-0.3, -0.25) is 4.79 Å². The number of amides is 1. The fraction of sp³-hybridized carbons (Fsp3) is 0.562. The molecule has 1 spiro atoms. The zero-order chi connectivity index (χ0) is 14.3. The first-order valence-electron chi connectivity index (χ1n) is 7.24. The third-order valence-electron chi connectivity index (χ3n) is 4.54. The van der Waals surface area contributed by atoms with E-state index in [1.807, 2.05) is 49.1 Å². The van der Waals surface area contributed by atoms with E-state index in [1.54, 1.807) is 0 Å². The van der Waals surface area contributed by atoms with E-state index in [2.05, 4.69) is 0 Å². The molecule has 1 saturated carbocycles. The third kappa shape index (κ3) is 2.03. The van der Waals surface area contributed by atoms with Gasteiger partial charge in [0.1, 0.15) is 5.72 Å². The van der Waals surface area contributed by atoms with Crippen molar-refractivity contribution in [2.24, 2.45) is 5.92 Å². The van der Waals surface area contributed by atoms with Crippen LogP contribution < -0.4 is 0 Å². The molecule has 4 atom stereocenters. The lowest BCUT2D eigenvalue weighted by atomic mass is 10.1. The molecule has 2 fully saturated rings. The molecular weight excluding hydrogens is 254 g/mol. The summed E-state index contributed by atoms with van der Waals surface area (Å²) in [7, 11) is 0. The molecule has 1 aromatic carbocycles. The van der Waals surface area contributed by atoms with Crippen molar-refractivity contribution < 1.29 is 14.6 Å². The molecule has 0 bridgehead atoms. The second-order valence-electron chi connectivity index (χ2n) is 6.10. The molecule has 3 rings (SSSR count). The minimum Gasteiger partial charge on any atom is -0.393 e. The van der Waals surface area contributed by atoms with E-state index in [4.69, 9.17) is 4.74 Å². The van der Waals surface area contributed by atoms with Crippen molar-refractivity contribution in [2.45, 2.75) is 44.6 Å². The van der Waals surface area contributed by atoms with Crippen molar-refractivity contribution in [1.29, 1.82) is 0 Å². The van der Waals surface area contributed by atoms with E-state index in [-0.39, 0.29) is 17.9 Å². The first-order chi connectivity index (χ1) is 9.53. The van der Waals surface area contributed by atoms with E-state index in [1.165, 1.54) is 0 Å². The average Bonchev–Trinajstić information content (AvgIpc) is 2.90. The molecule has 0 unspecified atom stereocenters. The maximum absolute atomic E-state index is 12.8. The number of carbonyl (C=O) groups is 1. The minimum atomic E-state index is -0.620. The van der Waals surface area contributed by atoms with Gasteiger partial charge in [-0.15, -0.1) is 0 Å². The van der Waals surface area contributed by atoms with Gasteiger partial charge in [0, 0.05) is 18.4 Å². The van der Waals surface area contributed by atoms with E-state index in [9.17, 15) is 9.90 Å². The molecule has 1 N–H and O–H groups in total. The van der Waals surface area contributed by atoms with Crippen LogP contribution in [0.3, 0.4) is 0 Å². The van der Waals surface area contributed by atoms with Gasteiger partial charge in [0.25, 0.3) is 5.91 Å². The van der Waals surface area contributed by atoms with Crippen LogP contribution in [0.25, 0.3) is 0 Å². The summed E-state index contributed by atoms with van der Waals surface area (Å²) in [6, 6.07) is 9.34. The highest BCUT2D eigenvalue weighted by molar-refractivity contribution is 5.95. The lowest BCUT2D eigenvalue weighted by Gasteiger charge is -2.35. The van der Waals surface area contributed by atoms with Crippen LogP contribution in [-0.4, -0.2) is 40.4 Å². The van der Waals surface area contributed by atoms with Crippen LogP contribution in [0.4, 0.5) is 0 Å². The molecule has 1 aliphatic carbocycles. The minimum absolute atomic E-state index is 0.00287. The lowest BCUT2D eigenvalue weighted by molar-refractivity contribution is -0.0712. The monoisotopic (exact) mass is 275 g/mol. The lowest BCUT2D eigenvalue weighted by Crippen LogP contribution is -2.49. The fourth-order valence-corrected chi connectivity index (χ4v) is 3.49. The Morgan fingerprint density at radius 3 is 2.60 bits per heavy atom. The maximum Gasteiger partial charge on any atom is 0.256 e. The first-order valence-corrected chi connectivity index (χ1v) is 7.24. The standard InChI is InChI=1S/C16H21NO3/c1-11-8-16(9-14(11)18)17(12(2)10-20-16)15(19)13-6-4-3-5-7-13/h3-7,11-12,14,18H,8-10H2,1-2H3/t11-,12+,14-,16+/m0/s1. The summed E-state index contributed by atoms with van der Waals surface area (Å²) in [5.74, 6) is 0.156. The molecule has 108 valence electrons. The van der Waals surface area contributed by atoms with Crippen LogP contribution in [0.5, 0.6) is 0 Å². The number of hydrogen-bond acceptors (Lipinski definition) is 3. The van der Waals surface area contributed by atoms with E-state index < -0.39 is 11.8 Å². The quantitative estimate of drug-likeness (QED) is 0.853. The van der Waals surface area contributed by atoms with Crippen molar-refractivity contribution in [3.8, 4) is 0 Å². The second kappa shape index (κ2) is 4.86. The summed E-state index contributed by atoms with van der Waals surface area (Å²) in [5.41, 5.74) is 0.0591. The normalized spacial score (nSPS) is 36.8. The molecule has 1 saturated heterocycles. The molecule has 0 aromatic heterocycles. The number of nitrogens with zero attached hydrogens (tertiary/aromatic N) is 1. The van der Waals surface area contributed by atoms with Crippen LogP contribution in [0.15, 0.2) is 30.3 Å². The van der Waals surface area contributed by atoms with Gasteiger partial charge >= 0.3 is 0 Å². The Balaban J connectivity index is 1.92. The number of aliphatic hydroxyl groups excluding tert-OH is 1. The summed E-state index contributed by atoms with van der Waals surface area (Å²) < 4.78 is 5.95. The van der Waals surface area contributed by atoms with Crippen LogP contribution in [0, 0.1) is 5.92 Å². The predicted molar refractivity (Wildman–Crippen MR) is 75.2 cm³/mol. The molecule has 4 nitrogen and oxygen atoms in total. The Labute approximate surface area is 119 Å². The highest BCUT2D eigenvalue weighted by Crippen LogP contribution is 2.45. The van der Waals surface area contributed by atoms with E-state index >= 15 is 0 Å². The van der Waals surface area contributed by atoms with Crippen molar-refractivity contribution in [3.05, 3.63) is 35.9 Å². The number of hydrogen-bond donors (Lipinski definition) is 1. The number of carbonyl (C=O) groups excluding carboxylic acids is 1. The number of aliphatic hydroxyl groups is 1. The predicted octanol–water partition coefficient (Wildman–Crippen LogP) is 2.03. The van der Waals surface area contributed by atoms with Gasteiger partial charge in [-0.05, 0) is 25.0 Å². The Hall–Kier alpha value is -1.39. The van der Waals surface area contributed by atoms with Gasteiger partial charge in [0.2, 0.25) is 0 Å². The summed E-state index contributed by atoms with van der Waals surface area (Å²) in [6.07, 6.45) is 0.820. The van der Waals surface area contributed by atoms with Gasteiger partial charge in [-0.25, -0.2) is 0 Å². The Bertz CT molecular complexity index is 492. The molecule has 1 heterocycles. The van der Waals surface area contributed by atoms with Gasteiger partial charge in [-0.1, -0.05) is 25.1 Å². The number of ether oxygens (including phenoxy) is 1. The number of rotatable bonds is 1. The van der Waals surface area contributed by atoms with Crippen molar-refractivity contribution in [3.63, 3.8) is 0 Å². The number of benzene rings is 1. The Morgan fingerprint density at radius 2 is 2.00 bits per heavy atom. The second-order valence-corrected chi connectivity index (χ2v) is 6.10. The van der Waals surface area contributed by atoms with Crippen LogP contribution in [0.2, 0.25) is 0 Å². The van der Waals surface area contributed by atoms with Crippen molar-refractivity contribution in [1.82, 2.24) is 4.90 Å². The third-order valence-corrected chi connectivity index (χ3v) is 4.54. The molecule has 2 aliphatic rings. The summed E-state index contributed by atoms with van der Waals surface area (Å²) in [5, 5.41) is 10.1. The summed E-state index contributed by atoms with van der Waals surface area (Å²) in [4.78, 5) is 14.6. The first kappa shape index (κ1) is 13.6. The Morgan fingerprint density at radius 1 is 1.30 bits per heavy atom. The maximum atomic E-state index is 12.8. The van der Waals surface area contributed by atoms with Gasteiger partial charge in [0.05, 0.1) is 18.8 Å². The summed E-state index contributed by atoms with van der Waals surface area (Å²) >= 11 is 0. The van der Waals surface area contributed by atoms with Gasteiger partial charge in [-0.2, -0.15) is 0 Å². The SMILES string of the molecule is C[C@@H]1CO[C@@]2(C[C@H](C)[C@@H](O)C2)N1C(=O)c1ccccc1. The zero-order valence-electron chi connectivity index (χ0n) is 12.0. The van der Waals surface area contributed by atoms with Gasteiger partial charge in [0.15, 0.2) is 0 Å². The fourth-order valence-electron chi connectivity index (χ4n) is 3.49. The van der Waals surface area contributed by atoms with E-state index in [0.717, 1.165) is 0 Å². The van der Waals surface area contributed by atoms with Crippen LogP contribution >= 0.6 is 0 Å². The highest BCUT2D eigenvalue weighted by atomic mass is 16.5. The van der Waals surface area contributed by atoms with Crippen LogP contribution in [-0.2, 0) is 4.74 Å². The molecular formula is C16H21NO3. The average molecular weight is 275 g/mol. The summed E-state index contributed by atoms with van der Waals surface area (Å²) in [6.45, 7) is 4.56. The molecule has 4 heteroatoms. The largest absolute Gasteiger partial charge is 0.393 e. The molecule has 1 aromatic rings.